The molecule has 8 nitrogen and oxygen atoms in total. The van der Waals surface area contributed by atoms with Crippen LogP contribution in [0.4, 0.5) is 5.00 Å². The zero-order valence-electron chi connectivity index (χ0n) is 13.7. The van der Waals surface area contributed by atoms with Crippen LogP contribution in [0.3, 0.4) is 0 Å². The Bertz CT molecular complexity index is 998. The molecule has 0 aliphatic carbocycles. The van der Waals surface area contributed by atoms with E-state index in [2.05, 4.69) is 15.5 Å². The van der Waals surface area contributed by atoms with Gasteiger partial charge in [0.1, 0.15) is 11.1 Å². The molecule has 1 amide bonds. The van der Waals surface area contributed by atoms with Crippen LogP contribution in [-0.4, -0.2) is 27.6 Å². The van der Waals surface area contributed by atoms with Crippen molar-refractivity contribution in [3.05, 3.63) is 34.4 Å². The molecule has 3 rings (SSSR count). The first-order valence-corrected chi connectivity index (χ1v) is 9.14. The smallest absolute Gasteiger partial charge is 0.284 e. The largest absolute Gasteiger partial charge is 0.459 e. The minimum atomic E-state index is -0.347. The van der Waals surface area contributed by atoms with E-state index in [9.17, 15) is 14.9 Å². The lowest BCUT2D eigenvalue weighted by molar-refractivity contribution is -0.113. The predicted molar refractivity (Wildman–Crippen MR) is 95.1 cm³/mol. The number of nitrogens with one attached hydrogen (secondary N) is 1. The number of Topliss-reactive ketones (excluding diaryl/α,β-unsaturated/α-hetero) is 1. The molecular formula is C16H12N4O4S2. The summed E-state index contributed by atoms with van der Waals surface area (Å²) in [4.78, 5) is 24.2. The van der Waals surface area contributed by atoms with Crippen molar-refractivity contribution in [2.75, 3.05) is 11.1 Å². The van der Waals surface area contributed by atoms with Gasteiger partial charge in [-0.3, -0.25) is 9.59 Å². The second-order valence-electron chi connectivity index (χ2n) is 5.12. The molecule has 10 heteroatoms. The Labute approximate surface area is 156 Å². The second-order valence-corrected chi connectivity index (χ2v) is 7.06. The number of thiophene rings is 1. The summed E-state index contributed by atoms with van der Waals surface area (Å²) in [5.74, 6) is 0.190. The maximum atomic E-state index is 12.2. The SMILES string of the molecule is CC(=O)c1sc(NC(=O)CSc2nnc(-c3ccco3)o2)c(C#N)c1C. The highest BCUT2D eigenvalue weighted by Gasteiger charge is 2.20. The quantitative estimate of drug-likeness (QED) is 0.503. The summed E-state index contributed by atoms with van der Waals surface area (Å²) >= 11 is 2.15. The monoisotopic (exact) mass is 388 g/mol. The van der Waals surface area contributed by atoms with Gasteiger partial charge in [-0.05, 0) is 31.5 Å². The van der Waals surface area contributed by atoms with Crippen LogP contribution in [0.2, 0.25) is 0 Å². The number of rotatable bonds is 6. The third-order valence-corrected chi connectivity index (χ3v) is 5.42. The van der Waals surface area contributed by atoms with Gasteiger partial charge in [-0.2, -0.15) is 5.26 Å². The first-order valence-electron chi connectivity index (χ1n) is 7.34. The highest BCUT2D eigenvalue weighted by molar-refractivity contribution is 7.99. The summed E-state index contributed by atoms with van der Waals surface area (Å²) in [5.41, 5.74) is 0.879. The van der Waals surface area contributed by atoms with Crippen molar-refractivity contribution in [2.24, 2.45) is 0 Å². The van der Waals surface area contributed by atoms with E-state index in [0.29, 0.717) is 26.8 Å². The number of nitrogens with zero attached hydrogens (tertiary/aromatic N) is 3. The lowest BCUT2D eigenvalue weighted by Crippen LogP contribution is -2.13. The molecule has 0 spiro atoms. The summed E-state index contributed by atoms with van der Waals surface area (Å²) in [6.07, 6.45) is 1.49. The van der Waals surface area contributed by atoms with Crippen molar-refractivity contribution in [3.8, 4) is 17.7 Å². The fraction of sp³-hybridized carbons (Fsp3) is 0.188. The number of furan rings is 1. The number of aromatic nitrogens is 2. The highest BCUT2D eigenvalue weighted by Crippen LogP contribution is 2.33. The van der Waals surface area contributed by atoms with Gasteiger partial charge in [-0.15, -0.1) is 21.5 Å². The third-order valence-electron chi connectivity index (χ3n) is 3.30. The molecule has 0 unspecified atom stereocenters. The van der Waals surface area contributed by atoms with Crippen LogP contribution in [0.15, 0.2) is 32.5 Å². The van der Waals surface area contributed by atoms with Crippen molar-refractivity contribution in [1.29, 1.82) is 5.26 Å². The van der Waals surface area contributed by atoms with Crippen molar-refractivity contribution in [1.82, 2.24) is 10.2 Å². The fourth-order valence-electron chi connectivity index (χ4n) is 2.13. The highest BCUT2D eigenvalue weighted by atomic mass is 32.2. The fourth-order valence-corrected chi connectivity index (χ4v) is 3.76. The van der Waals surface area contributed by atoms with E-state index in [4.69, 9.17) is 8.83 Å². The molecule has 0 radical (unpaired) electrons. The van der Waals surface area contributed by atoms with Gasteiger partial charge in [0.2, 0.25) is 5.91 Å². The zero-order valence-corrected chi connectivity index (χ0v) is 15.4. The Hall–Kier alpha value is -2.90. The Morgan fingerprint density at radius 3 is 2.88 bits per heavy atom. The van der Waals surface area contributed by atoms with Crippen molar-refractivity contribution >= 4 is 39.8 Å². The molecule has 0 bridgehead atoms. The van der Waals surface area contributed by atoms with Gasteiger partial charge in [0.05, 0.1) is 22.5 Å². The van der Waals surface area contributed by atoms with Gasteiger partial charge in [0.25, 0.3) is 11.1 Å². The van der Waals surface area contributed by atoms with Crippen molar-refractivity contribution in [3.63, 3.8) is 0 Å². The zero-order chi connectivity index (χ0) is 18.7. The standard InChI is InChI=1S/C16H12N4O4S2/c1-8-10(6-17)15(26-13(8)9(2)21)18-12(22)7-25-16-20-19-14(24-16)11-4-3-5-23-11/h3-5H,7H2,1-2H3,(H,18,22). The molecule has 3 heterocycles. The molecule has 3 aromatic rings. The Morgan fingerprint density at radius 1 is 1.42 bits per heavy atom. The molecule has 0 aromatic carbocycles. The first kappa shape index (κ1) is 17.9. The Balaban J connectivity index is 1.64. The van der Waals surface area contributed by atoms with Crippen LogP contribution in [-0.2, 0) is 4.79 Å². The van der Waals surface area contributed by atoms with Gasteiger partial charge in [-0.25, -0.2) is 0 Å². The molecule has 132 valence electrons. The summed E-state index contributed by atoms with van der Waals surface area (Å²) in [5, 5.41) is 20.2. The number of thioether (sulfide) groups is 1. The Morgan fingerprint density at radius 2 is 2.23 bits per heavy atom. The van der Waals surface area contributed by atoms with Crippen LogP contribution in [0.25, 0.3) is 11.7 Å². The van der Waals surface area contributed by atoms with Crippen LogP contribution >= 0.6 is 23.1 Å². The topological polar surface area (TPSA) is 122 Å². The maximum absolute atomic E-state index is 12.2. The van der Waals surface area contributed by atoms with Gasteiger partial charge < -0.3 is 14.2 Å². The average Bonchev–Trinajstić information content (AvgIpc) is 3.33. The number of nitriles is 1. The number of hydrogen-bond acceptors (Lipinski definition) is 9. The lowest BCUT2D eigenvalue weighted by atomic mass is 10.1. The predicted octanol–water partition coefficient (Wildman–Crippen LogP) is 3.50. The van der Waals surface area contributed by atoms with E-state index in [1.54, 1.807) is 19.1 Å². The van der Waals surface area contributed by atoms with Crippen LogP contribution in [0.5, 0.6) is 0 Å². The van der Waals surface area contributed by atoms with Crippen LogP contribution in [0.1, 0.15) is 27.7 Å². The van der Waals surface area contributed by atoms with Gasteiger partial charge in [0.15, 0.2) is 11.5 Å². The van der Waals surface area contributed by atoms with Gasteiger partial charge in [-0.1, -0.05) is 11.8 Å². The molecule has 0 saturated carbocycles. The minimum Gasteiger partial charge on any atom is -0.459 e. The number of carbonyl (C=O) groups excluding carboxylic acids is 2. The summed E-state index contributed by atoms with van der Waals surface area (Å²) in [7, 11) is 0. The number of ketones is 1. The van der Waals surface area contributed by atoms with Crippen molar-refractivity contribution in [2.45, 2.75) is 19.1 Å². The summed E-state index contributed by atoms with van der Waals surface area (Å²) in [6, 6.07) is 5.41. The van der Waals surface area contributed by atoms with Crippen LogP contribution < -0.4 is 5.32 Å². The molecule has 0 aliphatic heterocycles. The average molecular weight is 388 g/mol. The number of amides is 1. The van der Waals surface area contributed by atoms with E-state index in [0.717, 1.165) is 23.1 Å². The molecule has 1 N–H and O–H groups in total. The molecule has 0 aliphatic rings. The van der Waals surface area contributed by atoms with Crippen molar-refractivity contribution < 1.29 is 18.4 Å². The first-order chi connectivity index (χ1) is 12.5. The van der Waals surface area contributed by atoms with Crippen LogP contribution in [0, 0.1) is 18.3 Å². The molecular weight excluding hydrogens is 376 g/mol. The maximum Gasteiger partial charge on any atom is 0.284 e. The molecule has 0 atom stereocenters. The molecule has 26 heavy (non-hydrogen) atoms. The molecule has 0 saturated heterocycles. The van der Waals surface area contributed by atoms with E-state index in [1.165, 1.54) is 13.2 Å². The van der Waals surface area contributed by atoms with E-state index >= 15 is 0 Å². The minimum absolute atomic E-state index is 0.0109. The van der Waals surface area contributed by atoms with Gasteiger partial charge >= 0.3 is 0 Å². The Kier molecular flexibility index (Phi) is 5.20. The van der Waals surface area contributed by atoms with Gasteiger partial charge in [0, 0.05) is 0 Å². The summed E-state index contributed by atoms with van der Waals surface area (Å²) < 4.78 is 10.6. The normalized spacial score (nSPS) is 10.5. The van der Waals surface area contributed by atoms with E-state index in [-0.39, 0.29) is 28.6 Å². The lowest BCUT2D eigenvalue weighted by Gasteiger charge is -2.01. The second kappa shape index (κ2) is 7.55. The number of hydrogen-bond donors (Lipinski definition) is 1. The molecule has 0 fully saturated rings. The number of anilines is 1. The summed E-state index contributed by atoms with van der Waals surface area (Å²) in [6.45, 7) is 3.11. The third kappa shape index (κ3) is 3.68. The molecule has 3 aromatic heterocycles. The number of carbonyl (C=O) groups is 2. The van der Waals surface area contributed by atoms with E-state index in [1.807, 2.05) is 6.07 Å². The van der Waals surface area contributed by atoms with E-state index < -0.39 is 0 Å².